The molecular formula is C22H28N4O2. The van der Waals surface area contributed by atoms with E-state index in [-0.39, 0.29) is 17.4 Å². The van der Waals surface area contributed by atoms with Gasteiger partial charge in [-0.3, -0.25) is 4.79 Å². The number of amides is 1. The molecule has 0 unspecified atom stereocenters. The van der Waals surface area contributed by atoms with Crippen LogP contribution in [-0.2, 0) is 4.79 Å². The third-order valence-electron chi connectivity index (χ3n) is 5.62. The lowest BCUT2D eigenvalue weighted by Crippen LogP contribution is -2.47. The van der Waals surface area contributed by atoms with Crippen LogP contribution in [0, 0.1) is 19.8 Å². The number of piperidine rings is 1. The van der Waals surface area contributed by atoms with E-state index in [4.69, 9.17) is 4.74 Å². The number of ether oxygens (including phenoxy) is 1. The number of nitrogens with zero attached hydrogens (tertiary/aromatic N) is 3. The summed E-state index contributed by atoms with van der Waals surface area (Å²) in [5, 5.41) is 3.27. The van der Waals surface area contributed by atoms with Crippen molar-refractivity contribution < 1.29 is 9.53 Å². The summed E-state index contributed by atoms with van der Waals surface area (Å²) in [7, 11) is 0. The molecule has 1 saturated carbocycles. The summed E-state index contributed by atoms with van der Waals surface area (Å²) in [6.07, 6.45) is 3.64. The second-order valence-corrected chi connectivity index (χ2v) is 8.08. The molecule has 1 N–H and O–H groups in total. The average Bonchev–Trinajstić information content (AvgIpc) is 3.46. The van der Waals surface area contributed by atoms with E-state index in [1.165, 1.54) is 0 Å². The van der Waals surface area contributed by atoms with Crippen molar-refractivity contribution in [3.63, 3.8) is 0 Å². The minimum Gasteiger partial charge on any atom is -0.491 e. The van der Waals surface area contributed by atoms with Gasteiger partial charge in [-0.1, -0.05) is 18.2 Å². The van der Waals surface area contributed by atoms with Crippen molar-refractivity contribution in [3.05, 3.63) is 47.8 Å². The zero-order valence-corrected chi connectivity index (χ0v) is 16.6. The Labute approximate surface area is 166 Å². The van der Waals surface area contributed by atoms with Crippen LogP contribution in [0.1, 0.15) is 37.1 Å². The number of aromatic nitrogens is 2. The van der Waals surface area contributed by atoms with E-state index in [0.29, 0.717) is 6.61 Å². The molecule has 2 heterocycles. The number of hydrogen-bond donors (Lipinski definition) is 1. The molecule has 0 spiro atoms. The van der Waals surface area contributed by atoms with Gasteiger partial charge in [-0.25, -0.2) is 9.97 Å². The van der Waals surface area contributed by atoms with Gasteiger partial charge < -0.3 is 15.0 Å². The lowest BCUT2D eigenvalue weighted by molar-refractivity contribution is -0.126. The molecule has 1 amide bonds. The average molecular weight is 380 g/mol. The predicted molar refractivity (Wildman–Crippen MR) is 108 cm³/mol. The van der Waals surface area contributed by atoms with Crippen LogP contribution in [0.4, 0.5) is 5.95 Å². The van der Waals surface area contributed by atoms with Crippen LogP contribution < -0.4 is 15.0 Å². The van der Waals surface area contributed by atoms with Crippen molar-refractivity contribution >= 4 is 11.9 Å². The third-order valence-corrected chi connectivity index (χ3v) is 5.62. The van der Waals surface area contributed by atoms with Gasteiger partial charge in [0, 0.05) is 30.4 Å². The molecule has 1 aromatic heterocycles. The van der Waals surface area contributed by atoms with Crippen LogP contribution in [0.5, 0.6) is 5.75 Å². The van der Waals surface area contributed by atoms with Crippen LogP contribution in [0.25, 0.3) is 0 Å². The predicted octanol–water partition coefficient (Wildman–Crippen LogP) is 3.04. The lowest BCUT2D eigenvalue weighted by Gasteiger charge is -2.32. The summed E-state index contributed by atoms with van der Waals surface area (Å²) in [6, 6.07) is 11.8. The van der Waals surface area contributed by atoms with Crippen molar-refractivity contribution in [2.45, 2.75) is 45.1 Å². The highest BCUT2D eigenvalue weighted by molar-refractivity contribution is 5.80. The molecule has 1 aliphatic carbocycles. The summed E-state index contributed by atoms with van der Waals surface area (Å²) < 4.78 is 5.88. The Morgan fingerprint density at radius 3 is 2.39 bits per heavy atom. The van der Waals surface area contributed by atoms with Crippen molar-refractivity contribution in [1.82, 2.24) is 15.3 Å². The Morgan fingerprint density at radius 2 is 1.79 bits per heavy atom. The van der Waals surface area contributed by atoms with Gasteiger partial charge >= 0.3 is 0 Å². The zero-order chi connectivity index (χ0) is 19.6. The number of carbonyl (C=O) groups excluding carboxylic acids is 1. The SMILES string of the molecule is Cc1cc(C)nc(N2CCC(C(=O)NC3(COc4ccccc4)CC3)CC2)n1. The molecule has 4 rings (SSSR count). The first-order valence-electron chi connectivity index (χ1n) is 10.1. The topological polar surface area (TPSA) is 67.4 Å². The number of anilines is 1. The highest BCUT2D eigenvalue weighted by atomic mass is 16.5. The van der Waals surface area contributed by atoms with Crippen LogP contribution in [0.3, 0.4) is 0 Å². The van der Waals surface area contributed by atoms with E-state index >= 15 is 0 Å². The molecule has 1 aliphatic heterocycles. The second kappa shape index (κ2) is 7.78. The van der Waals surface area contributed by atoms with Crippen LogP contribution in [-0.4, -0.2) is 41.1 Å². The smallest absolute Gasteiger partial charge is 0.225 e. The number of para-hydroxylation sites is 1. The third kappa shape index (κ3) is 4.43. The van der Waals surface area contributed by atoms with Gasteiger partial charge in [-0.15, -0.1) is 0 Å². The molecule has 2 aromatic rings. The monoisotopic (exact) mass is 380 g/mol. The Morgan fingerprint density at radius 1 is 1.14 bits per heavy atom. The minimum absolute atomic E-state index is 0.0522. The van der Waals surface area contributed by atoms with Gasteiger partial charge in [0.15, 0.2) is 0 Å². The van der Waals surface area contributed by atoms with Crippen LogP contribution in [0.15, 0.2) is 36.4 Å². The van der Waals surface area contributed by atoms with Crippen molar-refractivity contribution in [3.8, 4) is 5.75 Å². The summed E-state index contributed by atoms with van der Waals surface area (Å²) in [5.41, 5.74) is 1.79. The molecule has 1 saturated heterocycles. The standard InChI is InChI=1S/C22H28N4O2/c1-16-14-17(2)24-21(23-16)26-12-8-18(9-13-26)20(27)25-22(10-11-22)15-28-19-6-4-3-5-7-19/h3-7,14,18H,8-13,15H2,1-2H3,(H,25,27). The van der Waals surface area contributed by atoms with Gasteiger partial charge in [0.1, 0.15) is 12.4 Å². The van der Waals surface area contributed by atoms with Gasteiger partial charge in [-0.2, -0.15) is 0 Å². The van der Waals surface area contributed by atoms with Crippen molar-refractivity contribution in [2.24, 2.45) is 5.92 Å². The molecule has 28 heavy (non-hydrogen) atoms. The Bertz CT molecular complexity index is 807. The Hall–Kier alpha value is -2.63. The normalized spacial score (nSPS) is 18.6. The minimum atomic E-state index is -0.180. The number of nitrogens with one attached hydrogen (secondary N) is 1. The van der Waals surface area contributed by atoms with E-state index in [1.807, 2.05) is 50.2 Å². The molecule has 148 valence electrons. The maximum absolute atomic E-state index is 12.8. The molecule has 0 bridgehead atoms. The fourth-order valence-electron chi connectivity index (χ4n) is 3.75. The van der Waals surface area contributed by atoms with E-state index in [2.05, 4.69) is 20.2 Å². The van der Waals surface area contributed by atoms with E-state index in [0.717, 1.165) is 61.9 Å². The van der Waals surface area contributed by atoms with Crippen molar-refractivity contribution in [2.75, 3.05) is 24.6 Å². The van der Waals surface area contributed by atoms with Gasteiger partial charge in [0.05, 0.1) is 5.54 Å². The fourth-order valence-corrected chi connectivity index (χ4v) is 3.75. The fraction of sp³-hybridized carbons (Fsp3) is 0.500. The number of rotatable bonds is 6. The van der Waals surface area contributed by atoms with Crippen molar-refractivity contribution in [1.29, 1.82) is 0 Å². The molecule has 6 nitrogen and oxygen atoms in total. The summed E-state index contributed by atoms with van der Waals surface area (Å²) in [5.74, 6) is 1.85. The number of hydrogen-bond acceptors (Lipinski definition) is 5. The number of aryl methyl sites for hydroxylation is 2. The highest BCUT2D eigenvalue weighted by Crippen LogP contribution is 2.36. The zero-order valence-electron chi connectivity index (χ0n) is 16.6. The van der Waals surface area contributed by atoms with Crippen LogP contribution in [0.2, 0.25) is 0 Å². The molecule has 2 fully saturated rings. The first kappa shape index (κ1) is 18.7. The molecule has 0 radical (unpaired) electrons. The molecule has 0 atom stereocenters. The summed E-state index contributed by atoms with van der Waals surface area (Å²) in [4.78, 5) is 24.1. The lowest BCUT2D eigenvalue weighted by atomic mass is 9.95. The summed E-state index contributed by atoms with van der Waals surface area (Å²) in [6.45, 7) is 6.15. The van der Waals surface area contributed by atoms with Gasteiger partial charge in [0.25, 0.3) is 0 Å². The molecule has 6 heteroatoms. The Kier molecular flexibility index (Phi) is 5.20. The highest BCUT2D eigenvalue weighted by Gasteiger charge is 2.46. The number of benzene rings is 1. The van der Waals surface area contributed by atoms with E-state index < -0.39 is 0 Å². The molecule has 2 aliphatic rings. The summed E-state index contributed by atoms with van der Waals surface area (Å²) >= 11 is 0. The largest absolute Gasteiger partial charge is 0.491 e. The quantitative estimate of drug-likeness (QED) is 0.834. The number of carbonyl (C=O) groups is 1. The van der Waals surface area contributed by atoms with Gasteiger partial charge in [0.2, 0.25) is 11.9 Å². The first-order chi connectivity index (χ1) is 13.5. The maximum Gasteiger partial charge on any atom is 0.225 e. The Balaban J connectivity index is 1.28. The molecule has 1 aromatic carbocycles. The molecular weight excluding hydrogens is 352 g/mol. The van der Waals surface area contributed by atoms with E-state index in [1.54, 1.807) is 0 Å². The first-order valence-corrected chi connectivity index (χ1v) is 10.1. The van der Waals surface area contributed by atoms with E-state index in [9.17, 15) is 4.79 Å². The second-order valence-electron chi connectivity index (χ2n) is 8.08. The van der Waals surface area contributed by atoms with Gasteiger partial charge in [-0.05, 0) is 57.7 Å². The van der Waals surface area contributed by atoms with Crippen LogP contribution >= 0.6 is 0 Å². The maximum atomic E-state index is 12.8.